The molecule has 0 unspecified atom stereocenters. The number of halogens is 3. The van der Waals surface area contributed by atoms with Crippen LogP contribution in [0.25, 0.3) is 10.4 Å². The molecule has 1 fully saturated rings. The fraction of sp³-hybridized carbons (Fsp3) is 0.333. The van der Waals surface area contributed by atoms with Crippen LogP contribution in [0.5, 0.6) is 0 Å². The second kappa shape index (κ2) is 11.3. The number of benzene rings is 1. The van der Waals surface area contributed by atoms with Crippen LogP contribution in [0, 0.1) is 6.92 Å². The maximum Gasteiger partial charge on any atom is 0.433 e. The van der Waals surface area contributed by atoms with Gasteiger partial charge in [-0.05, 0) is 68.0 Å². The van der Waals surface area contributed by atoms with Gasteiger partial charge in [-0.1, -0.05) is 6.07 Å². The van der Waals surface area contributed by atoms with Crippen LogP contribution < -0.4 is 10.6 Å². The van der Waals surface area contributed by atoms with E-state index in [4.69, 9.17) is 0 Å². The monoisotopic (exact) mass is 569 g/mol. The van der Waals surface area contributed by atoms with Gasteiger partial charge in [-0.15, -0.1) is 11.3 Å². The first kappa shape index (κ1) is 27.6. The Morgan fingerprint density at radius 2 is 1.85 bits per heavy atom. The molecule has 0 aliphatic heterocycles. The van der Waals surface area contributed by atoms with Gasteiger partial charge in [-0.25, -0.2) is 24.9 Å². The zero-order chi connectivity index (χ0) is 28.3. The molecule has 9 nitrogen and oxygen atoms in total. The number of hydrogen-bond acceptors (Lipinski definition) is 9. The highest BCUT2D eigenvalue weighted by atomic mass is 32.1. The van der Waals surface area contributed by atoms with Crippen molar-refractivity contribution in [3.05, 3.63) is 77.2 Å². The molecule has 1 aliphatic carbocycles. The molecular formula is C27H26F3N7O2S. The van der Waals surface area contributed by atoms with Crippen LogP contribution in [0.15, 0.2) is 55.1 Å². The van der Waals surface area contributed by atoms with Crippen molar-refractivity contribution in [2.24, 2.45) is 0 Å². The van der Waals surface area contributed by atoms with E-state index in [1.165, 1.54) is 11.3 Å². The van der Waals surface area contributed by atoms with Crippen molar-refractivity contribution in [3.63, 3.8) is 0 Å². The van der Waals surface area contributed by atoms with Crippen molar-refractivity contribution in [3.8, 4) is 10.4 Å². The van der Waals surface area contributed by atoms with Crippen LogP contribution in [-0.4, -0.2) is 42.0 Å². The number of amides is 1. The van der Waals surface area contributed by atoms with E-state index >= 15 is 0 Å². The molecule has 0 atom stereocenters. The average Bonchev–Trinajstić information content (AvgIpc) is 3.42. The molecule has 1 saturated carbocycles. The van der Waals surface area contributed by atoms with Gasteiger partial charge in [0, 0.05) is 36.5 Å². The molecule has 0 radical (unpaired) electrons. The number of carbonyl (C=O) groups excluding carboxylic acids is 1. The lowest BCUT2D eigenvalue weighted by molar-refractivity contribution is -0.141. The van der Waals surface area contributed by atoms with Crippen molar-refractivity contribution < 1.29 is 23.1 Å². The minimum atomic E-state index is -4.57. The second-order valence-corrected chi connectivity index (χ2v) is 10.8. The van der Waals surface area contributed by atoms with E-state index < -0.39 is 17.5 Å². The number of anilines is 2. The van der Waals surface area contributed by atoms with Gasteiger partial charge in [0.25, 0.3) is 0 Å². The lowest BCUT2D eigenvalue weighted by atomic mass is 9.82. The van der Waals surface area contributed by atoms with E-state index in [9.17, 15) is 23.1 Å². The SMILES string of the molecule is Cc1cc(Nc2nccc(C(F)(F)F)n2)cc(-c2cnc(C3(O)CCC(NC(=O)Cc4ncccn4)CC3)s2)c1. The second-order valence-electron chi connectivity index (χ2n) is 9.72. The number of nitrogens with zero attached hydrogens (tertiary/aromatic N) is 5. The third-order valence-corrected chi connectivity index (χ3v) is 7.82. The Bertz CT molecular complexity index is 1490. The van der Waals surface area contributed by atoms with Gasteiger partial charge in [0.15, 0.2) is 0 Å². The van der Waals surface area contributed by atoms with E-state index in [1.807, 2.05) is 13.0 Å². The number of rotatable bonds is 7. The fourth-order valence-electron chi connectivity index (χ4n) is 4.62. The number of nitrogens with one attached hydrogen (secondary N) is 2. The number of alkyl halides is 3. The van der Waals surface area contributed by atoms with Gasteiger partial charge < -0.3 is 15.7 Å². The fourth-order valence-corrected chi connectivity index (χ4v) is 5.67. The number of hydrogen-bond donors (Lipinski definition) is 3. The van der Waals surface area contributed by atoms with Gasteiger partial charge in [0.2, 0.25) is 11.9 Å². The molecule has 1 aliphatic rings. The summed E-state index contributed by atoms with van der Waals surface area (Å²) in [5.74, 6) is 0.142. The molecule has 3 aromatic heterocycles. The largest absolute Gasteiger partial charge is 0.433 e. The zero-order valence-electron chi connectivity index (χ0n) is 21.4. The molecular weight excluding hydrogens is 543 g/mol. The van der Waals surface area contributed by atoms with Gasteiger partial charge >= 0.3 is 6.18 Å². The highest BCUT2D eigenvalue weighted by Crippen LogP contribution is 2.41. The molecule has 0 bridgehead atoms. The summed E-state index contributed by atoms with van der Waals surface area (Å²) >= 11 is 1.37. The highest BCUT2D eigenvalue weighted by Gasteiger charge is 2.38. The molecule has 1 aromatic carbocycles. The van der Waals surface area contributed by atoms with Crippen LogP contribution in [0.2, 0.25) is 0 Å². The number of carbonyl (C=O) groups is 1. The van der Waals surface area contributed by atoms with E-state index in [0.717, 1.165) is 28.3 Å². The number of aliphatic hydroxyl groups is 1. The maximum atomic E-state index is 13.0. The van der Waals surface area contributed by atoms with E-state index in [0.29, 0.717) is 42.2 Å². The molecule has 4 aromatic rings. The van der Waals surface area contributed by atoms with E-state index in [-0.39, 0.29) is 24.3 Å². The van der Waals surface area contributed by atoms with Crippen molar-refractivity contribution >= 4 is 28.9 Å². The van der Waals surface area contributed by atoms with E-state index in [1.54, 1.807) is 36.8 Å². The summed E-state index contributed by atoms with van der Waals surface area (Å²) < 4.78 is 39.1. The predicted octanol–water partition coefficient (Wildman–Crippen LogP) is 4.95. The molecule has 3 heterocycles. The lowest BCUT2D eigenvalue weighted by Crippen LogP contribution is -2.42. The molecule has 40 heavy (non-hydrogen) atoms. The summed E-state index contributed by atoms with van der Waals surface area (Å²) in [4.78, 5) is 33.3. The Kier molecular flexibility index (Phi) is 7.76. The topological polar surface area (TPSA) is 126 Å². The molecule has 3 N–H and O–H groups in total. The molecule has 1 amide bonds. The van der Waals surface area contributed by atoms with E-state index in [2.05, 4.69) is 35.6 Å². The Balaban J connectivity index is 1.24. The molecule has 0 spiro atoms. The lowest BCUT2D eigenvalue weighted by Gasteiger charge is -2.34. The first-order valence-corrected chi connectivity index (χ1v) is 13.4. The third-order valence-electron chi connectivity index (χ3n) is 6.58. The normalized spacial score (nSPS) is 19.3. The van der Waals surface area contributed by atoms with Gasteiger partial charge in [0.05, 0.1) is 11.3 Å². The van der Waals surface area contributed by atoms with Crippen molar-refractivity contribution in [2.45, 2.75) is 56.8 Å². The van der Waals surface area contributed by atoms with Crippen molar-refractivity contribution in [2.75, 3.05) is 5.32 Å². The number of aryl methyl sites for hydroxylation is 1. The summed E-state index contributed by atoms with van der Waals surface area (Å²) in [6, 6.07) is 7.94. The standard InChI is InChI=1S/C27H26F3N7O2S/c1-16-11-17(13-19(12-16)36-25-33-10-5-21(37-25)27(28,29)30)20-15-34-24(40-20)26(39)6-3-18(4-7-26)35-23(38)14-22-31-8-2-9-32-22/h2,5,8-13,15,18,39H,3-4,6-7,14H2,1H3,(H,35,38)(H,33,36,37). The molecule has 208 valence electrons. The van der Waals surface area contributed by atoms with Gasteiger partial charge in [-0.3, -0.25) is 4.79 Å². The first-order valence-electron chi connectivity index (χ1n) is 12.6. The summed E-state index contributed by atoms with van der Waals surface area (Å²) in [6.07, 6.45) is 3.55. The summed E-state index contributed by atoms with van der Waals surface area (Å²) in [5.41, 5.74) is 0.0604. The van der Waals surface area contributed by atoms with Crippen molar-refractivity contribution in [1.82, 2.24) is 30.2 Å². The summed E-state index contributed by atoms with van der Waals surface area (Å²) in [6.45, 7) is 1.87. The van der Waals surface area contributed by atoms with Crippen LogP contribution >= 0.6 is 11.3 Å². The minimum Gasteiger partial charge on any atom is -0.383 e. The van der Waals surface area contributed by atoms with Crippen LogP contribution in [0.4, 0.5) is 24.8 Å². The van der Waals surface area contributed by atoms with Crippen LogP contribution in [0.1, 0.15) is 47.8 Å². The Hall–Kier alpha value is -3.97. The minimum absolute atomic E-state index is 0.0561. The number of aromatic nitrogens is 5. The van der Waals surface area contributed by atoms with Crippen molar-refractivity contribution in [1.29, 1.82) is 0 Å². The highest BCUT2D eigenvalue weighted by molar-refractivity contribution is 7.15. The first-order chi connectivity index (χ1) is 19.1. The average molecular weight is 570 g/mol. The maximum absolute atomic E-state index is 13.0. The smallest absolute Gasteiger partial charge is 0.383 e. The predicted molar refractivity (Wildman–Crippen MR) is 143 cm³/mol. The molecule has 0 saturated heterocycles. The Morgan fingerprint density at radius 3 is 2.58 bits per heavy atom. The third kappa shape index (κ3) is 6.59. The Morgan fingerprint density at radius 1 is 1.10 bits per heavy atom. The quantitative estimate of drug-likeness (QED) is 0.286. The van der Waals surface area contributed by atoms with Gasteiger partial charge in [0.1, 0.15) is 22.1 Å². The van der Waals surface area contributed by atoms with Crippen LogP contribution in [0.3, 0.4) is 0 Å². The molecule has 5 rings (SSSR count). The Labute approximate surface area is 232 Å². The summed E-state index contributed by atoms with van der Waals surface area (Å²) in [7, 11) is 0. The summed E-state index contributed by atoms with van der Waals surface area (Å²) in [5, 5.41) is 17.8. The van der Waals surface area contributed by atoms with Gasteiger partial charge in [-0.2, -0.15) is 13.2 Å². The van der Waals surface area contributed by atoms with Crippen LogP contribution in [-0.2, 0) is 23.0 Å². The number of thiazole rings is 1. The molecule has 13 heteroatoms. The zero-order valence-corrected chi connectivity index (χ0v) is 22.3.